The van der Waals surface area contributed by atoms with Crippen LogP contribution in [0.3, 0.4) is 0 Å². The number of amides is 2. The van der Waals surface area contributed by atoms with E-state index in [2.05, 4.69) is 20.4 Å². The van der Waals surface area contributed by atoms with Gasteiger partial charge in [-0.1, -0.05) is 5.16 Å². The molecular formula is C19H21N5O3. The quantitative estimate of drug-likeness (QED) is 0.855. The maximum atomic E-state index is 12.6. The number of hydrogen-bond donors (Lipinski definition) is 2. The van der Waals surface area contributed by atoms with E-state index >= 15 is 0 Å². The van der Waals surface area contributed by atoms with E-state index in [4.69, 9.17) is 4.84 Å². The van der Waals surface area contributed by atoms with Crippen molar-refractivity contribution in [2.45, 2.75) is 31.4 Å². The van der Waals surface area contributed by atoms with E-state index < -0.39 is 5.60 Å². The van der Waals surface area contributed by atoms with Gasteiger partial charge in [0.25, 0.3) is 11.8 Å². The zero-order chi connectivity index (χ0) is 18.7. The Hall–Kier alpha value is -3.16. The molecule has 1 atom stereocenters. The molecule has 4 heterocycles. The minimum absolute atomic E-state index is 0.0329. The van der Waals surface area contributed by atoms with Crippen molar-refractivity contribution in [1.29, 1.82) is 0 Å². The number of piperidine rings is 1. The smallest absolute Gasteiger partial charge is 0.269 e. The highest BCUT2D eigenvalue weighted by Crippen LogP contribution is 2.34. The minimum Gasteiger partial charge on any atom is -0.386 e. The van der Waals surface area contributed by atoms with Gasteiger partial charge in [-0.05, 0) is 36.6 Å². The molecule has 1 spiro atoms. The molecule has 1 saturated heterocycles. The van der Waals surface area contributed by atoms with Crippen molar-refractivity contribution in [3.05, 3.63) is 54.1 Å². The number of pyridine rings is 1. The Balaban J connectivity index is 1.35. The molecular weight excluding hydrogens is 346 g/mol. The number of H-pyrrole nitrogens is 1. The molecule has 1 unspecified atom stereocenters. The van der Waals surface area contributed by atoms with E-state index in [1.807, 2.05) is 12.1 Å². The summed E-state index contributed by atoms with van der Waals surface area (Å²) in [5.41, 5.74) is 1.36. The molecule has 0 radical (unpaired) electrons. The second-order valence-corrected chi connectivity index (χ2v) is 6.96. The SMILES string of the molecule is O=C(NCc1ccncc1)C1=NOC2(CCCN(C(=O)c3cc[nH]c3)C2)C1. The van der Waals surface area contributed by atoms with Crippen LogP contribution in [0, 0.1) is 0 Å². The van der Waals surface area contributed by atoms with Gasteiger partial charge in [-0.2, -0.15) is 0 Å². The van der Waals surface area contributed by atoms with E-state index in [9.17, 15) is 9.59 Å². The van der Waals surface area contributed by atoms with Crippen LogP contribution in [0.2, 0.25) is 0 Å². The highest BCUT2D eigenvalue weighted by Gasteiger charge is 2.45. The summed E-state index contributed by atoms with van der Waals surface area (Å²) in [6, 6.07) is 5.45. The van der Waals surface area contributed by atoms with Crippen molar-refractivity contribution in [3.63, 3.8) is 0 Å². The number of carbonyl (C=O) groups is 2. The molecule has 4 rings (SSSR count). The lowest BCUT2D eigenvalue weighted by Gasteiger charge is -2.38. The Bertz CT molecular complexity index is 849. The lowest BCUT2D eigenvalue weighted by molar-refractivity contribution is -0.115. The molecule has 8 nitrogen and oxygen atoms in total. The lowest BCUT2D eigenvalue weighted by atomic mass is 9.87. The van der Waals surface area contributed by atoms with Crippen molar-refractivity contribution in [2.75, 3.05) is 13.1 Å². The van der Waals surface area contributed by atoms with Crippen LogP contribution < -0.4 is 5.32 Å². The number of nitrogens with zero attached hydrogens (tertiary/aromatic N) is 3. The molecule has 2 aromatic rings. The number of aromatic amines is 1. The Labute approximate surface area is 156 Å². The lowest BCUT2D eigenvalue weighted by Crippen LogP contribution is -2.51. The highest BCUT2D eigenvalue weighted by molar-refractivity contribution is 6.39. The third kappa shape index (κ3) is 3.69. The monoisotopic (exact) mass is 367 g/mol. The number of hydrogen-bond acceptors (Lipinski definition) is 5. The Kier molecular flexibility index (Phi) is 4.62. The molecule has 2 aliphatic rings. The molecule has 0 aliphatic carbocycles. The summed E-state index contributed by atoms with van der Waals surface area (Å²) in [7, 11) is 0. The zero-order valence-corrected chi connectivity index (χ0v) is 14.9. The van der Waals surface area contributed by atoms with Crippen molar-refractivity contribution >= 4 is 17.5 Å². The molecule has 27 heavy (non-hydrogen) atoms. The summed E-state index contributed by atoms with van der Waals surface area (Å²) in [5.74, 6) is -0.271. The zero-order valence-electron chi connectivity index (χ0n) is 14.9. The Morgan fingerprint density at radius 3 is 2.93 bits per heavy atom. The summed E-state index contributed by atoms with van der Waals surface area (Å²) < 4.78 is 0. The number of aromatic nitrogens is 2. The summed E-state index contributed by atoms with van der Waals surface area (Å²) >= 11 is 0. The number of rotatable bonds is 4. The van der Waals surface area contributed by atoms with Crippen LogP contribution in [0.1, 0.15) is 35.2 Å². The van der Waals surface area contributed by atoms with Gasteiger partial charge in [0.15, 0.2) is 5.60 Å². The Morgan fingerprint density at radius 2 is 2.15 bits per heavy atom. The van der Waals surface area contributed by atoms with Crippen LogP contribution in [0.5, 0.6) is 0 Å². The van der Waals surface area contributed by atoms with Gasteiger partial charge < -0.3 is 20.0 Å². The molecule has 2 N–H and O–H groups in total. The molecule has 140 valence electrons. The van der Waals surface area contributed by atoms with E-state index in [1.165, 1.54) is 0 Å². The van der Waals surface area contributed by atoms with Gasteiger partial charge in [-0.25, -0.2) is 0 Å². The van der Waals surface area contributed by atoms with Gasteiger partial charge >= 0.3 is 0 Å². The first kappa shape index (κ1) is 17.3. The van der Waals surface area contributed by atoms with Gasteiger partial charge in [0, 0.05) is 44.3 Å². The summed E-state index contributed by atoms with van der Waals surface area (Å²) in [6.45, 7) is 1.52. The fourth-order valence-corrected chi connectivity index (χ4v) is 3.56. The fourth-order valence-electron chi connectivity index (χ4n) is 3.56. The van der Waals surface area contributed by atoms with Crippen LogP contribution in [0.25, 0.3) is 0 Å². The average molecular weight is 367 g/mol. The van der Waals surface area contributed by atoms with Crippen molar-refractivity contribution in [2.24, 2.45) is 5.16 Å². The second-order valence-electron chi connectivity index (χ2n) is 6.96. The number of likely N-dealkylation sites (tertiary alicyclic amines) is 1. The van der Waals surface area contributed by atoms with Gasteiger partial charge in [-0.15, -0.1) is 0 Å². The molecule has 0 aromatic carbocycles. The molecule has 0 bridgehead atoms. The van der Waals surface area contributed by atoms with Crippen LogP contribution >= 0.6 is 0 Å². The van der Waals surface area contributed by atoms with Crippen LogP contribution in [-0.2, 0) is 16.2 Å². The normalized spacial score (nSPS) is 21.6. The van der Waals surface area contributed by atoms with Crippen molar-refractivity contribution < 1.29 is 14.4 Å². The second kappa shape index (κ2) is 7.22. The summed E-state index contributed by atoms with van der Waals surface area (Å²) in [4.78, 5) is 39.3. The first-order valence-corrected chi connectivity index (χ1v) is 8.99. The van der Waals surface area contributed by atoms with E-state index in [1.54, 1.807) is 35.8 Å². The predicted octanol–water partition coefficient (Wildman–Crippen LogP) is 1.48. The maximum absolute atomic E-state index is 12.6. The van der Waals surface area contributed by atoms with E-state index in [0.29, 0.717) is 37.3 Å². The standard InChI is InChI=1S/C19H21N5O3/c25-17(22-11-14-2-6-20-7-3-14)16-10-19(27-23-16)5-1-9-24(13-19)18(26)15-4-8-21-12-15/h2-4,6-8,12,21H,1,5,9-11,13H2,(H,22,25). The Morgan fingerprint density at radius 1 is 1.30 bits per heavy atom. The third-order valence-electron chi connectivity index (χ3n) is 4.98. The first-order valence-electron chi connectivity index (χ1n) is 8.99. The van der Waals surface area contributed by atoms with Crippen molar-refractivity contribution in [3.8, 4) is 0 Å². The van der Waals surface area contributed by atoms with Gasteiger partial charge in [0.2, 0.25) is 0 Å². The molecule has 2 amide bonds. The average Bonchev–Trinajstić information content (AvgIpc) is 3.37. The number of carbonyl (C=O) groups excluding carboxylic acids is 2. The molecule has 0 saturated carbocycles. The molecule has 2 aromatic heterocycles. The third-order valence-corrected chi connectivity index (χ3v) is 4.98. The minimum atomic E-state index is -0.604. The number of oxime groups is 1. The van der Waals surface area contributed by atoms with Gasteiger partial charge in [-0.3, -0.25) is 14.6 Å². The van der Waals surface area contributed by atoms with Crippen LogP contribution in [-0.4, -0.2) is 51.1 Å². The predicted molar refractivity (Wildman–Crippen MR) is 97.9 cm³/mol. The molecule has 8 heteroatoms. The van der Waals surface area contributed by atoms with E-state index in [-0.39, 0.29) is 11.8 Å². The first-order chi connectivity index (χ1) is 13.2. The molecule has 1 fully saturated rings. The van der Waals surface area contributed by atoms with Crippen LogP contribution in [0.4, 0.5) is 0 Å². The van der Waals surface area contributed by atoms with Crippen LogP contribution in [0.15, 0.2) is 48.1 Å². The topological polar surface area (TPSA) is 99.7 Å². The van der Waals surface area contributed by atoms with Gasteiger partial charge in [0.05, 0.1) is 12.1 Å². The largest absolute Gasteiger partial charge is 0.386 e. The fraction of sp³-hybridized carbons (Fsp3) is 0.368. The summed E-state index contributed by atoms with van der Waals surface area (Å²) in [6.07, 6.45) is 8.79. The highest BCUT2D eigenvalue weighted by atomic mass is 16.7. The van der Waals surface area contributed by atoms with E-state index in [0.717, 1.165) is 18.4 Å². The summed E-state index contributed by atoms with van der Waals surface area (Å²) in [5, 5.41) is 6.89. The maximum Gasteiger partial charge on any atom is 0.269 e. The number of nitrogens with one attached hydrogen (secondary N) is 2. The van der Waals surface area contributed by atoms with Gasteiger partial charge in [0.1, 0.15) is 5.71 Å². The molecule has 2 aliphatic heterocycles. The van der Waals surface area contributed by atoms with Crippen molar-refractivity contribution in [1.82, 2.24) is 20.2 Å².